The summed E-state index contributed by atoms with van der Waals surface area (Å²) < 4.78 is 5.38. The van der Waals surface area contributed by atoms with Crippen molar-refractivity contribution in [2.24, 2.45) is 0 Å². The van der Waals surface area contributed by atoms with E-state index in [1.807, 2.05) is 24.1 Å². The van der Waals surface area contributed by atoms with Crippen molar-refractivity contribution in [1.82, 2.24) is 4.90 Å². The maximum absolute atomic E-state index is 12.9. The number of likely N-dealkylation sites (N-methyl/N-ethyl adjacent to an activating group) is 1. The van der Waals surface area contributed by atoms with Gasteiger partial charge < -0.3 is 9.64 Å². The van der Waals surface area contributed by atoms with Crippen molar-refractivity contribution < 1.29 is 9.53 Å². The Morgan fingerprint density at radius 3 is 2.68 bits per heavy atom. The quantitative estimate of drug-likeness (QED) is 0.773. The van der Waals surface area contributed by atoms with Crippen molar-refractivity contribution in [2.45, 2.75) is 38.5 Å². The van der Waals surface area contributed by atoms with Crippen molar-refractivity contribution in [3.63, 3.8) is 0 Å². The minimum atomic E-state index is -0.170. The van der Waals surface area contributed by atoms with Gasteiger partial charge in [-0.15, -0.1) is 0 Å². The van der Waals surface area contributed by atoms with Crippen LogP contribution in [0.1, 0.15) is 43.2 Å². The van der Waals surface area contributed by atoms with Crippen LogP contribution in [0.3, 0.4) is 0 Å². The average molecular weight is 320 g/mol. The van der Waals surface area contributed by atoms with Gasteiger partial charge in [-0.05, 0) is 55.9 Å². The topological polar surface area (TPSA) is 29.5 Å². The molecule has 0 saturated carbocycles. The largest absolute Gasteiger partial charge is 0.495 e. The van der Waals surface area contributed by atoms with Gasteiger partial charge in [0.2, 0.25) is 5.91 Å². The van der Waals surface area contributed by atoms with E-state index >= 15 is 0 Å². The first kappa shape index (κ1) is 15.4. The van der Waals surface area contributed by atoms with E-state index in [1.165, 1.54) is 16.7 Å². The summed E-state index contributed by atoms with van der Waals surface area (Å²) in [4.78, 5) is 14.8. The summed E-state index contributed by atoms with van der Waals surface area (Å²) in [6.07, 6.45) is 4.10. The standard InChI is InChI=1S/C18H22ClNO2/c1-11-5-4-6-13(11)17-14-10-16(22-3)15(19)9-12(14)7-8-20(2)18(17)21/h9-10,17H,4-8H2,1-3H3. The summed E-state index contributed by atoms with van der Waals surface area (Å²) in [5.74, 6) is 0.676. The zero-order valence-electron chi connectivity index (χ0n) is 13.4. The highest BCUT2D eigenvalue weighted by molar-refractivity contribution is 6.32. The monoisotopic (exact) mass is 319 g/mol. The second-order valence-corrected chi connectivity index (χ2v) is 6.69. The number of allylic oxidation sites excluding steroid dienone is 1. The molecule has 0 N–H and O–H groups in total. The molecule has 1 amide bonds. The molecule has 1 atom stereocenters. The smallest absolute Gasteiger partial charge is 0.234 e. The van der Waals surface area contributed by atoms with Crippen molar-refractivity contribution in [2.75, 3.05) is 20.7 Å². The molecule has 1 aliphatic carbocycles. The Bertz CT molecular complexity index is 651. The molecule has 1 aliphatic heterocycles. The second kappa shape index (κ2) is 5.96. The van der Waals surface area contributed by atoms with E-state index in [1.54, 1.807) is 7.11 Å². The van der Waals surface area contributed by atoms with Gasteiger partial charge in [-0.1, -0.05) is 22.7 Å². The molecule has 3 rings (SSSR count). The van der Waals surface area contributed by atoms with Crippen molar-refractivity contribution in [3.05, 3.63) is 39.4 Å². The molecule has 0 aromatic heterocycles. The number of hydrogen-bond donors (Lipinski definition) is 0. The van der Waals surface area contributed by atoms with Crippen LogP contribution in [0.15, 0.2) is 23.3 Å². The van der Waals surface area contributed by atoms with Crippen LogP contribution in [-0.2, 0) is 11.2 Å². The number of carbonyl (C=O) groups excluding carboxylic acids is 1. The fourth-order valence-corrected chi connectivity index (χ4v) is 3.91. The molecular weight excluding hydrogens is 298 g/mol. The van der Waals surface area contributed by atoms with Crippen LogP contribution in [0.2, 0.25) is 5.02 Å². The second-order valence-electron chi connectivity index (χ2n) is 6.29. The van der Waals surface area contributed by atoms with Crippen molar-refractivity contribution in [1.29, 1.82) is 0 Å². The zero-order chi connectivity index (χ0) is 15.9. The highest BCUT2D eigenvalue weighted by Crippen LogP contribution is 2.42. The predicted molar refractivity (Wildman–Crippen MR) is 88.6 cm³/mol. The van der Waals surface area contributed by atoms with Crippen LogP contribution in [0, 0.1) is 0 Å². The number of fused-ring (bicyclic) bond motifs is 1. The van der Waals surface area contributed by atoms with Crippen LogP contribution in [0.5, 0.6) is 5.75 Å². The van der Waals surface area contributed by atoms with Crippen LogP contribution in [-0.4, -0.2) is 31.5 Å². The highest BCUT2D eigenvalue weighted by Gasteiger charge is 2.34. The lowest BCUT2D eigenvalue weighted by Gasteiger charge is -2.23. The van der Waals surface area contributed by atoms with E-state index in [-0.39, 0.29) is 11.8 Å². The Morgan fingerprint density at radius 2 is 2.05 bits per heavy atom. The van der Waals surface area contributed by atoms with Gasteiger partial charge in [-0.25, -0.2) is 0 Å². The molecule has 22 heavy (non-hydrogen) atoms. The Morgan fingerprint density at radius 1 is 1.27 bits per heavy atom. The molecular formula is C18H22ClNO2. The summed E-state index contributed by atoms with van der Waals surface area (Å²) in [5.41, 5.74) is 4.91. The normalized spacial score (nSPS) is 21.9. The van der Waals surface area contributed by atoms with E-state index in [4.69, 9.17) is 16.3 Å². The van der Waals surface area contributed by atoms with E-state index in [0.29, 0.717) is 10.8 Å². The van der Waals surface area contributed by atoms with E-state index in [0.717, 1.165) is 37.8 Å². The van der Waals surface area contributed by atoms with E-state index in [9.17, 15) is 4.79 Å². The summed E-state index contributed by atoms with van der Waals surface area (Å²) >= 11 is 6.29. The van der Waals surface area contributed by atoms with Crippen LogP contribution in [0.4, 0.5) is 0 Å². The van der Waals surface area contributed by atoms with E-state index in [2.05, 4.69) is 6.92 Å². The maximum atomic E-state index is 12.9. The number of amides is 1. The number of carbonyl (C=O) groups is 1. The lowest BCUT2D eigenvalue weighted by atomic mass is 9.85. The molecule has 3 nitrogen and oxygen atoms in total. The molecule has 0 saturated heterocycles. The van der Waals surface area contributed by atoms with Crippen LogP contribution in [0.25, 0.3) is 0 Å². The Labute approximate surface area is 136 Å². The number of nitrogens with zero attached hydrogens (tertiary/aromatic N) is 1. The Hall–Kier alpha value is -1.48. The number of rotatable bonds is 2. The molecule has 0 bridgehead atoms. The first-order valence-electron chi connectivity index (χ1n) is 7.82. The summed E-state index contributed by atoms with van der Waals surface area (Å²) in [6.45, 7) is 2.89. The Balaban J connectivity index is 2.18. The van der Waals surface area contributed by atoms with Gasteiger partial charge >= 0.3 is 0 Å². The number of methoxy groups -OCH3 is 1. The molecule has 118 valence electrons. The first-order chi connectivity index (χ1) is 10.5. The fourth-order valence-electron chi connectivity index (χ4n) is 3.65. The van der Waals surface area contributed by atoms with Gasteiger partial charge in [-0.2, -0.15) is 0 Å². The number of hydrogen-bond acceptors (Lipinski definition) is 2. The van der Waals surface area contributed by atoms with Crippen LogP contribution >= 0.6 is 11.6 Å². The van der Waals surface area contributed by atoms with Gasteiger partial charge in [0.1, 0.15) is 5.75 Å². The van der Waals surface area contributed by atoms with Gasteiger partial charge in [-0.3, -0.25) is 4.79 Å². The number of halogens is 1. The molecule has 0 spiro atoms. The van der Waals surface area contributed by atoms with Gasteiger partial charge in [0.25, 0.3) is 0 Å². The third-order valence-corrected chi connectivity index (χ3v) is 5.25. The van der Waals surface area contributed by atoms with E-state index < -0.39 is 0 Å². The molecule has 1 heterocycles. The molecule has 1 unspecified atom stereocenters. The molecule has 0 fully saturated rings. The molecule has 2 aliphatic rings. The average Bonchev–Trinajstić information content (AvgIpc) is 2.87. The summed E-state index contributed by atoms with van der Waals surface area (Å²) in [6, 6.07) is 3.94. The van der Waals surface area contributed by atoms with Gasteiger partial charge in [0.15, 0.2) is 0 Å². The number of ether oxygens (including phenoxy) is 1. The first-order valence-corrected chi connectivity index (χ1v) is 8.20. The minimum Gasteiger partial charge on any atom is -0.495 e. The zero-order valence-corrected chi connectivity index (χ0v) is 14.2. The Kier molecular flexibility index (Phi) is 4.18. The van der Waals surface area contributed by atoms with Crippen molar-refractivity contribution >= 4 is 17.5 Å². The minimum absolute atomic E-state index is 0.170. The predicted octanol–water partition coefficient (Wildman–Crippen LogP) is 3.95. The van der Waals surface area contributed by atoms with Gasteiger partial charge in [0.05, 0.1) is 18.1 Å². The highest BCUT2D eigenvalue weighted by atomic mass is 35.5. The lowest BCUT2D eigenvalue weighted by molar-refractivity contribution is -0.130. The third-order valence-electron chi connectivity index (χ3n) is 4.96. The van der Waals surface area contributed by atoms with Crippen LogP contribution < -0.4 is 4.74 Å². The van der Waals surface area contributed by atoms with Gasteiger partial charge in [0, 0.05) is 13.6 Å². The maximum Gasteiger partial charge on any atom is 0.234 e. The molecule has 1 aromatic rings. The fraction of sp³-hybridized carbons (Fsp3) is 0.500. The molecule has 0 radical (unpaired) electrons. The third kappa shape index (κ3) is 2.52. The summed E-state index contributed by atoms with van der Waals surface area (Å²) in [7, 11) is 3.51. The molecule has 1 aromatic carbocycles. The van der Waals surface area contributed by atoms with Crippen molar-refractivity contribution in [3.8, 4) is 5.75 Å². The summed E-state index contributed by atoms with van der Waals surface area (Å²) in [5, 5.41) is 0.620. The number of benzene rings is 1. The lowest BCUT2D eigenvalue weighted by Crippen LogP contribution is -2.31. The molecule has 4 heteroatoms. The SMILES string of the molecule is COc1cc2c(cc1Cl)CCN(C)C(=O)C2C1=C(C)CCC1.